The molecule has 0 aliphatic rings. The lowest BCUT2D eigenvalue weighted by Crippen LogP contribution is -2.15. The minimum atomic E-state index is -0.512. The van der Waals surface area contributed by atoms with E-state index in [2.05, 4.69) is 10.6 Å². The van der Waals surface area contributed by atoms with Crippen LogP contribution in [0.1, 0.15) is 11.1 Å². The molecular formula is C18H15Cl2N3O. The largest absolute Gasteiger partial charge is 0.358 e. The predicted molar refractivity (Wildman–Crippen MR) is 98.3 cm³/mol. The number of carbonyl (C=O) groups is 1. The van der Waals surface area contributed by atoms with E-state index in [-0.39, 0.29) is 5.57 Å². The number of para-hydroxylation sites is 1. The molecule has 0 spiro atoms. The second-order valence-electron chi connectivity index (χ2n) is 5.11. The molecule has 6 heteroatoms. The van der Waals surface area contributed by atoms with Crippen molar-refractivity contribution >= 4 is 40.5 Å². The molecule has 2 N–H and O–H groups in total. The van der Waals surface area contributed by atoms with Gasteiger partial charge in [-0.3, -0.25) is 4.79 Å². The number of hydrogen-bond acceptors (Lipinski definition) is 3. The quantitative estimate of drug-likeness (QED) is 0.591. The van der Waals surface area contributed by atoms with Crippen LogP contribution in [0.25, 0.3) is 0 Å². The normalized spacial score (nSPS) is 10.9. The van der Waals surface area contributed by atoms with Crippen LogP contribution in [0.5, 0.6) is 0 Å². The molecule has 4 nitrogen and oxygen atoms in total. The second kappa shape index (κ2) is 7.87. The van der Waals surface area contributed by atoms with E-state index in [0.29, 0.717) is 21.4 Å². The van der Waals surface area contributed by atoms with Gasteiger partial charge >= 0.3 is 0 Å². The van der Waals surface area contributed by atoms with E-state index in [0.717, 1.165) is 11.1 Å². The molecule has 0 heterocycles. The first-order valence-electron chi connectivity index (χ1n) is 7.12. The van der Waals surface area contributed by atoms with E-state index in [4.69, 9.17) is 23.2 Å². The summed E-state index contributed by atoms with van der Waals surface area (Å²) in [5, 5.41) is 15.6. The van der Waals surface area contributed by atoms with Crippen molar-refractivity contribution in [2.24, 2.45) is 0 Å². The Hall–Kier alpha value is -2.48. The van der Waals surface area contributed by atoms with E-state index in [1.807, 2.05) is 32.0 Å². The standard InChI is InChI=1S/C18H15Cl2N3O/c1-11-5-3-8-16(12(11)2)23-18(24)13(9-21)10-22-17-14(19)6-4-7-15(17)20/h3-8,10,22H,1-2H3,(H,23,24)/b13-10-. The van der Waals surface area contributed by atoms with Gasteiger partial charge in [0.05, 0.1) is 15.7 Å². The van der Waals surface area contributed by atoms with Crippen molar-refractivity contribution in [3.63, 3.8) is 0 Å². The van der Waals surface area contributed by atoms with Crippen LogP contribution in [-0.2, 0) is 4.79 Å². The number of nitrogens with one attached hydrogen (secondary N) is 2. The van der Waals surface area contributed by atoms with E-state index in [9.17, 15) is 10.1 Å². The summed E-state index contributed by atoms with van der Waals surface area (Å²) in [5.74, 6) is -0.512. The minimum Gasteiger partial charge on any atom is -0.358 e. The Labute approximate surface area is 150 Å². The van der Waals surface area contributed by atoms with Gasteiger partial charge in [0.25, 0.3) is 5.91 Å². The molecule has 2 aromatic carbocycles. The molecule has 0 saturated carbocycles. The van der Waals surface area contributed by atoms with Crippen LogP contribution in [0.3, 0.4) is 0 Å². The molecule has 0 aliphatic heterocycles. The summed E-state index contributed by atoms with van der Waals surface area (Å²) >= 11 is 12.1. The summed E-state index contributed by atoms with van der Waals surface area (Å²) < 4.78 is 0. The molecule has 2 rings (SSSR count). The van der Waals surface area contributed by atoms with Crippen LogP contribution in [0.2, 0.25) is 10.0 Å². The summed E-state index contributed by atoms with van der Waals surface area (Å²) in [6, 6.07) is 12.5. The molecule has 0 aromatic heterocycles. The van der Waals surface area contributed by atoms with Crippen LogP contribution in [0.15, 0.2) is 48.2 Å². The number of halogens is 2. The van der Waals surface area contributed by atoms with Gasteiger partial charge in [-0.15, -0.1) is 0 Å². The van der Waals surface area contributed by atoms with Crippen LogP contribution in [-0.4, -0.2) is 5.91 Å². The zero-order chi connectivity index (χ0) is 17.7. The van der Waals surface area contributed by atoms with Gasteiger partial charge in [0.1, 0.15) is 11.6 Å². The third kappa shape index (κ3) is 4.08. The number of nitrogens with zero attached hydrogens (tertiary/aromatic N) is 1. The number of amides is 1. The molecule has 2 aromatic rings. The number of hydrogen-bond donors (Lipinski definition) is 2. The maximum atomic E-state index is 12.3. The molecule has 0 unspecified atom stereocenters. The summed E-state index contributed by atoms with van der Waals surface area (Å²) in [5.41, 5.74) is 3.01. The highest BCUT2D eigenvalue weighted by atomic mass is 35.5. The minimum absolute atomic E-state index is 0.0908. The van der Waals surface area contributed by atoms with Crippen LogP contribution >= 0.6 is 23.2 Å². The van der Waals surface area contributed by atoms with Crippen molar-refractivity contribution in [3.05, 3.63) is 69.3 Å². The second-order valence-corrected chi connectivity index (χ2v) is 5.93. The van der Waals surface area contributed by atoms with E-state index in [1.54, 1.807) is 24.3 Å². The SMILES string of the molecule is Cc1cccc(NC(=O)/C(C#N)=C\Nc2c(Cl)cccc2Cl)c1C. The average molecular weight is 360 g/mol. The molecule has 0 atom stereocenters. The van der Waals surface area contributed by atoms with Gasteiger partial charge < -0.3 is 10.6 Å². The summed E-state index contributed by atoms with van der Waals surface area (Å²) in [7, 11) is 0. The first-order valence-corrected chi connectivity index (χ1v) is 7.88. The molecular weight excluding hydrogens is 345 g/mol. The number of nitriles is 1. The maximum absolute atomic E-state index is 12.3. The van der Waals surface area contributed by atoms with Gasteiger partial charge in [-0.2, -0.15) is 5.26 Å². The Kier molecular flexibility index (Phi) is 5.86. The fourth-order valence-corrected chi connectivity index (χ4v) is 2.51. The molecule has 0 aliphatic carbocycles. The van der Waals surface area contributed by atoms with Crippen molar-refractivity contribution in [2.75, 3.05) is 10.6 Å². The van der Waals surface area contributed by atoms with E-state index < -0.39 is 5.91 Å². The topological polar surface area (TPSA) is 64.9 Å². The molecule has 24 heavy (non-hydrogen) atoms. The van der Waals surface area contributed by atoms with E-state index >= 15 is 0 Å². The van der Waals surface area contributed by atoms with Gasteiger partial charge in [0, 0.05) is 11.9 Å². The number of anilines is 2. The summed E-state index contributed by atoms with van der Waals surface area (Å²) in [6.07, 6.45) is 1.29. The molecule has 1 amide bonds. The van der Waals surface area contributed by atoms with Gasteiger partial charge in [0.2, 0.25) is 0 Å². The zero-order valence-corrected chi connectivity index (χ0v) is 14.7. The molecule has 0 saturated heterocycles. The third-order valence-corrected chi connectivity index (χ3v) is 4.17. The molecule has 0 fully saturated rings. The highest BCUT2D eigenvalue weighted by molar-refractivity contribution is 6.39. The monoisotopic (exact) mass is 359 g/mol. The van der Waals surface area contributed by atoms with Crippen molar-refractivity contribution in [1.29, 1.82) is 5.26 Å². The Morgan fingerprint density at radius 1 is 1.12 bits per heavy atom. The number of carbonyl (C=O) groups excluding carboxylic acids is 1. The van der Waals surface area contributed by atoms with Crippen LogP contribution in [0.4, 0.5) is 11.4 Å². The Morgan fingerprint density at radius 2 is 1.75 bits per heavy atom. The predicted octanol–water partition coefficient (Wildman–Crippen LogP) is 5.07. The van der Waals surface area contributed by atoms with Gasteiger partial charge in [0.15, 0.2) is 0 Å². The van der Waals surface area contributed by atoms with E-state index in [1.165, 1.54) is 6.20 Å². The number of benzene rings is 2. The lowest BCUT2D eigenvalue weighted by molar-refractivity contribution is -0.112. The van der Waals surface area contributed by atoms with Crippen molar-refractivity contribution in [1.82, 2.24) is 0 Å². The number of rotatable bonds is 4. The lowest BCUT2D eigenvalue weighted by Gasteiger charge is -2.10. The number of aryl methyl sites for hydroxylation is 1. The molecule has 0 bridgehead atoms. The highest BCUT2D eigenvalue weighted by Crippen LogP contribution is 2.30. The highest BCUT2D eigenvalue weighted by Gasteiger charge is 2.12. The fourth-order valence-electron chi connectivity index (χ4n) is 2.00. The maximum Gasteiger partial charge on any atom is 0.267 e. The molecule has 122 valence electrons. The first-order chi connectivity index (χ1) is 11.4. The smallest absolute Gasteiger partial charge is 0.267 e. The van der Waals surface area contributed by atoms with Crippen LogP contribution in [0, 0.1) is 25.2 Å². The fraction of sp³-hybridized carbons (Fsp3) is 0.111. The van der Waals surface area contributed by atoms with Gasteiger partial charge in [-0.05, 0) is 43.2 Å². The summed E-state index contributed by atoms with van der Waals surface area (Å²) in [4.78, 5) is 12.3. The first kappa shape index (κ1) is 17.9. The van der Waals surface area contributed by atoms with Crippen molar-refractivity contribution in [2.45, 2.75) is 13.8 Å². The van der Waals surface area contributed by atoms with Crippen molar-refractivity contribution < 1.29 is 4.79 Å². The Morgan fingerprint density at radius 3 is 2.38 bits per heavy atom. The van der Waals surface area contributed by atoms with Crippen molar-refractivity contribution in [3.8, 4) is 6.07 Å². The third-order valence-electron chi connectivity index (χ3n) is 3.54. The van der Waals surface area contributed by atoms with Crippen LogP contribution < -0.4 is 10.6 Å². The van der Waals surface area contributed by atoms with Gasteiger partial charge in [-0.1, -0.05) is 41.4 Å². The lowest BCUT2D eigenvalue weighted by atomic mass is 10.1. The average Bonchev–Trinajstić information content (AvgIpc) is 2.54. The zero-order valence-electron chi connectivity index (χ0n) is 13.2. The summed E-state index contributed by atoms with van der Waals surface area (Å²) in [6.45, 7) is 3.86. The Balaban J connectivity index is 2.20. The Bertz CT molecular complexity index is 834. The molecule has 0 radical (unpaired) electrons. The van der Waals surface area contributed by atoms with Gasteiger partial charge in [-0.25, -0.2) is 0 Å².